The van der Waals surface area contributed by atoms with Gasteiger partial charge < -0.3 is 10.6 Å². The van der Waals surface area contributed by atoms with E-state index in [1.807, 2.05) is 0 Å². The molecule has 1 rings (SSSR count). The van der Waals surface area contributed by atoms with Crippen molar-refractivity contribution in [1.29, 1.82) is 0 Å². The summed E-state index contributed by atoms with van der Waals surface area (Å²) in [4.78, 5) is 11.9. The first kappa shape index (κ1) is 12.3. The molecule has 1 aliphatic heterocycles. The standard InChI is InChI=1S/C6H11NO4S.H2O/c8-6(9)5-7-1-3-12(10,11)4-2-7;/h1-5H2,(H,8,9);1H2. The normalized spacial score (nSPS) is 21.8. The molecule has 78 valence electrons. The average Bonchev–Trinajstić information content (AvgIpc) is 1.93. The Morgan fingerprint density at radius 2 is 1.77 bits per heavy atom. The number of sulfone groups is 1. The molecule has 0 atom stereocenters. The van der Waals surface area contributed by atoms with Gasteiger partial charge in [0.15, 0.2) is 9.84 Å². The van der Waals surface area contributed by atoms with Crippen molar-refractivity contribution in [2.75, 3.05) is 31.1 Å². The molecule has 0 radical (unpaired) electrons. The highest BCUT2D eigenvalue weighted by molar-refractivity contribution is 7.91. The lowest BCUT2D eigenvalue weighted by Crippen LogP contribution is -2.42. The summed E-state index contributed by atoms with van der Waals surface area (Å²) in [6, 6.07) is 0. The molecule has 1 aliphatic rings. The van der Waals surface area contributed by atoms with Gasteiger partial charge in [-0.15, -0.1) is 0 Å². The minimum absolute atomic E-state index is 0. The van der Waals surface area contributed by atoms with Crippen LogP contribution >= 0.6 is 0 Å². The minimum Gasteiger partial charge on any atom is -0.480 e. The third-order valence-corrected chi connectivity index (χ3v) is 3.41. The highest BCUT2D eigenvalue weighted by Crippen LogP contribution is 2.02. The summed E-state index contributed by atoms with van der Waals surface area (Å²) >= 11 is 0. The van der Waals surface area contributed by atoms with Crippen LogP contribution in [0.4, 0.5) is 0 Å². The summed E-state index contributed by atoms with van der Waals surface area (Å²) < 4.78 is 21.8. The molecule has 3 N–H and O–H groups in total. The van der Waals surface area contributed by atoms with Crippen LogP contribution in [0, 0.1) is 0 Å². The summed E-state index contributed by atoms with van der Waals surface area (Å²) in [5, 5.41) is 8.40. The van der Waals surface area contributed by atoms with Crippen molar-refractivity contribution in [3.63, 3.8) is 0 Å². The predicted octanol–water partition coefficient (Wildman–Crippen LogP) is -2.02. The lowest BCUT2D eigenvalue weighted by Gasteiger charge is -2.24. The fourth-order valence-corrected chi connectivity index (χ4v) is 2.38. The number of carbonyl (C=O) groups is 1. The molecule has 0 saturated carbocycles. The van der Waals surface area contributed by atoms with Gasteiger partial charge in [-0.3, -0.25) is 9.69 Å². The van der Waals surface area contributed by atoms with Gasteiger partial charge in [-0.25, -0.2) is 8.42 Å². The number of nitrogens with zero attached hydrogens (tertiary/aromatic N) is 1. The van der Waals surface area contributed by atoms with Crippen molar-refractivity contribution in [3.05, 3.63) is 0 Å². The van der Waals surface area contributed by atoms with E-state index in [1.165, 1.54) is 0 Å². The predicted molar refractivity (Wildman–Crippen MR) is 46.3 cm³/mol. The third-order valence-electron chi connectivity index (χ3n) is 1.80. The zero-order valence-corrected chi connectivity index (χ0v) is 7.88. The highest BCUT2D eigenvalue weighted by atomic mass is 32.2. The topological polar surface area (TPSA) is 106 Å². The average molecular weight is 211 g/mol. The largest absolute Gasteiger partial charge is 0.480 e. The van der Waals surface area contributed by atoms with E-state index in [0.717, 1.165) is 0 Å². The molecular weight excluding hydrogens is 198 g/mol. The van der Waals surface area contributed by atoms with Crippen LogP contribution in [0.3, 0.4) is 0 Å². The Balaban J connectivity index is 0.00000144. The zero-order valence-electron chi connectivity index (χ0n) is 7.06. The molecule has 1 fully saturated rings. The summed E-state index contributed by atoms with van der Waals surface area (Å²) in [5.74, 6) is -0.741. The van der Waals surface area contributed by atoms with Crippen LogP contribution < -0.4 is 0 Å². The number of carboxylic acids is 1. The van der Waals surface area contributed by atoms with E-state index < -0.39 is 15.8 Å². The maximum absolute atomic E-state index is 10.9. The Morgan fingerprint density at radius 1 is 1.31 bits per heavy atom. The van der Waals surface area contributed by atoms with E-state index in [0.29, 0.717) is 13.1 Å². The van der Waals surface area contributed by atoms with Crippen molar-refractivity contribution in [3.8, 4) is 0 Å². The number of aliphatic carboxylic acids is 1. The van der Waals surface area contributed by atoms with Crippen molar-refractivity contribution >= 4 is 15.8 Å². The van der Waals surface area contributed by atoms with E-state index in [-0.39, 0.29) is 23.5 Å². The third kappa shape index (κ3) is 4.20. The number of hydrogen-bond donors (Lipinski definition) is 1. The van der Waals surface area contributed by atoms with Gasteiger partial charge in [-0.2, -0.15) is 0 Å². The molecule has 1 heterocycles. The Bertz CT molecular complexity index is 259. The molecule has 6 nitrogen and oxygen atoms in total. The van der Waals surface area contributed by atoms with Gasteiger partial charge in [0.2, 0.25) is 0 Å². The smallest absolute Gasteiger partial charge is 0.317 e. The van der Waals surface area contributed by atoms with Crippen LogP contribution in [-0.4, -0.2) is 61.0 Å². The quantitative estimate of drug-likeness (QED) is 0.567. The van der Waals surface area contributed by atoms with Gasteiger partial charge >= 0.3 is 5.97 Å². The van der Waals surface area contributed by atoms with Gasteiger partial charge in [0, 0.05) is 13.1 Å². The van der Waals surface area contributed by atoms with Gasteiger partial charge in [0.1, 0.15) is 0 Å². The van der Waals surface area contributed by atoms with Crippen molar-refractivity contribution in [2.45, 2.75) is 0 Å². The molecule has 0 aromatic heterocycles. The molecular formula is C6H13NO5S. The SMILES string of the molecule is O.O=C(O)CN1CCS(=O)(=O)CC1. The Labute approximate surface area is 76.4 Å². The number of hydrogen-bond acceptors (Lipinski definition) is 4. The maximum Gasteiger partial charge on any atom is 0.317 e. The first-order valence-electron chi connectivity index (χ1n) is 3.64. The van der Waals surface area contributed by atoms with Crippen LogP contribution in [0.25, 0.3) is 0 Å². The van der Waals surface area contributed by atoms with Crippen LogP contribution in [-0.2, 0) is 14.6 Å². The Kier molecular flexibility index (Phi) is 4.31. The van der Waals surface area contributed by atoms with E-state index in [2.05, 4.69) is 0 Å². The van der Waals surface area contributed by atoms with Gasteiger partial charge in [0.25, 0.3) is 0 Å². The maximum atomic E-state index is 10.9. The highest BCUT2D eigenvalue weighted by Gasteiger charge is 2.22. The molecule has 0 amide bonds. The van der Waals surface area contributed by atoms with E-state index in [1.54, 1.807) is 4.90 Å². The summed E-state index contributed by atoms with van der Waals surface area (Å²) in [5.41, 5.74) is 0. The molecule has 13 heavy (non-hydrogen) atoms. The molecule has 0 spiro atoms. The van der Waals surface area contributed by atoms with E-state index in [9.17, 15) is 13.2 Å². The van der Waals surface area contributed by atoms with Crippen molar-refractivity contribution in [1.82, 2.24) is 4.90 Å². The van der Waals surface area contributed by atoms with E-state index >= 15 is 0 Å². The lowest BCUT2D eigenvalue weighted by atomic mass is 10.5. The molecule has 0 aliphatic carbocycles. The lowest BCUT2D eigenvalue weighted by molar-refractivity contribution is -0.138. The van der Waals surface area contributed by atoms with Crippen molar-refractivity contribution < 1.29 is 23.8 Å². The summed E-state index contributed by atoms with van der Waals surface area (Å²) in [7, 11) is -2.89. The Hall–Kier alpha value is -0.660. The second-order valence-electron chi connectivity index (χ2n) is 2.82. The second-order valence-corrected chi connectivity index (χ2v) is 5.13. The molecule has 7 heteroatoms. The molecule has 1 saturated heterocycles. The van der Waals surface area contributed by atoms with Gasteiger partial charge in [-0.05, 0) is 0 Å². The zero-order chi connectivity index (χ0) is 9.19. The van der Waals surface area contributed by atoms with Crippen LogP contribution in [0.1, 0.15) is 0 Å². The first-order chi connectivity index (χ1) is 5.49. The van der Waals surface area contributed by atoms with Gasteiger partial charge in [-0.1, -0.05) is 0 Å². The molecule has 0 bridgehead atoms. The number of carboxylic acid groups (broad SMARTS) is 1. The van der Waals surface area contributed by atoms with E-state index in [4.69, 9.17) is 5.11 Å². The fourth-order valence-electron chi connectivity index (χ4n) is 1.10. The summed E-state index contributed by atoms with van der Waals surface area (Å²) in [6.07, 6.45) is 0. The summed E-state index contributed by atoms with van der Waals surface area (Å²) in [6.45, 7) is 0.624. The second kappa shape index (κ2) is 4.54. The first-order valence-corrected chi connectivity index (χ1v) is 5.46. The van der Waals surface area contributed by atoms with Crippen LogP contribution in [0.5, 0.6) is 0 Å². The Morgan fingerprint density at radius 3 is 2.15 bits per heavy atom. The van der Waals surface area contributed by atoms with Gasteiger partial charge in [0.05, 0.1) is 18.1 Å². The molecule has 0 aromatic carbocycles. The molecule has 0 aromatic rings. The minimum atomic E-state index is -2.89. The number of rotatable bonds is 2. The monoisotopic (exact) mass is 211 g/mol. The fraction of sp³-hybridized carbons (Fsp3) is 0.833. The van der Waals surface area contributed by atoms with Crippen LogP contribution in [0.2, 0.25) is 0 Å². The van der Waals surface area contributed by atoms with Crippen LogP contribution in [0.15, 0.2) is 0 Å². The van der Waals surface area contributed by atoms with Crippen molar-refractivity contribution in [2.24, 2.45) is 0 Å². The molecule has 0 unspecified atom stereocenters.